The average molecular weight is 565 g/mol. The van der Waals surface area contributed by atoms with Crippen LogP contribution in [-0.4, -0.2) is 64.5 Å². The molecule has 10 nitrogen and oxygen atoms in total. The summed E-state index contributed by atoms with van der Waals surface area (Å²) in [5.74, 6) is -0.666. The number of nitrogens with one attached hydrogen (secondary N) is 3. The van der Waals surface area contributed by atoms with Crippen molar-refractivity contribution in [3.05, 3.63) is 64.7 Å². The molecular weight excluding hydrogens is 524 g/mol. The molecule has 1 fully saturated rings. The number of aryl methyl sites for hydroxylation is 1. The number of hydrogen-bond acceptors (Lipinski definition) is 6. The fourth-order valence-corrected chi connectivity index (χ4v) is 6.61. The van der Waals surface area contributed by atoms with Crippen LogP contribution in [0.5, 0.6) is 5.75 Å². The summed E-state index contributed by atoms with van der Waals surface area (Å²) in [5.41, 5.74) is 3.31. The molecule has 3 aliphatic rings. The normalized spacial score (nSPS) is 24.8. The van der Waals surface area contributed by atoms with E-state index >= 15 is 0 Å². The lowest BCUT2D eigenvalue weighted by molar-refractivity contribution is -0.145. The zero-order valence-corrected chi connectivity index (χ0v) is 24.0. The third-order valence-electron chi connectivity index (χ3n) is 8.63. The number of aromatic hydroxyl groups is 1. The summed E-state index contributed by atoms with van der Waals surface area (Å²) in [4.78, 5) is 51.1. The molecule has 2 heterocycles. The van der Waals surface area contributed by atoms with Gasteiger partial charge in [0.1, 0.15) is 17.8 Å². The van der Waals surface area contributed by atoms with E-state index in [0.717, 1.165) is 30.4 Å². The first-order valence-electron chi connectivity index (χ1n) is 14.1. The molecule has 5 N–H and O–H groups in total. The van der Waals surface area contributed by atoms with Crippen molar-refractivity contribution >= 4 is 24.2 Å². The monoisotopic (exact) mass is 564 g/mol. The standard InChI is InChI=1S/C30H38N4O4.CH2O2/c1-17(31-4)27(36)33-22-15-19-11-8-14-24(35)25(19)23-16-30(2,3)26(34(23)29(22)38)28(37)32-21-13-7-10-18-9-5-6-12-20(18)21;2-1-3/h5-6,8-9,11-12,14,17,21-23,26,31,35H,7,10,13,15-16H2,1-4H3,(H,32,37)(H,33,36);1H,(H,2,3)/t17-,21+,22-,23+,26?;/m0./s1. The summed E-state index contributed by atoms with van der Waals surface area (Å²) in [6, 6.07) is 10.8. The van der Waals surface area contributed by atoms with Gasteiger partial charge >= 0.3 is 0 Å². The number of nitrogens with zero attached hydrogens (tertiary/aromatic N) is 1. The Balaban J connectivity index is 0.00000124. The zero-order valence-electron chi connectivity index (χ0n) is 24.0. The molecular formula is C31H40N4O6. The summed E-state index contributed by atoms with van der Waals surface area (Å²) in [7, 11) is 1.69. The van der Waals surface area contributed by atoms with Crippen molar-refractivity contribution in [2.75, 3.05) is 7.05 Å². The molecule has 5 rings (SSSR count). The van der Waals surface area contributed by atoms with Crippen LogP contribution in [0.3, 0.4) is 0 Å². The number of hydrogen-bond donors (Lipinski definition) is 5. The van der Waals surface area contributed by atoms with Crippen LogP contribution in [0.15, 0.2) is 42.5 Å². The minimum Gasteiger partial charge on any atom is -0.508 e. The first-order valence-corrected chi connectivity index (χ1v) is 14.1. The molecule has 3 amide bonds. The number of carbonyl (C=O) groups is 4. The zero-order chi connectivity index (χ0) is 29.9. The van der Waals surface area contributed by atoms with Gasteiger partial charge in [-0.05, 0) is 67.8 Å². The van der Waals surface area contributed by atoms with Crippen molar-refractivity contribution in [1.29, 1.82) is 0 Å². The largest absolute Gasteiger partial charge is 0.508 e. The van der Waals surface area contributed by atoms with Gasteiger partial charge in [-0.1, -0.05) is 50.2 Å². The van der Waals surface area contributed by atoms with Crippen LogP contribution < -0.4 is 16.0 Å². The van der Waals surface area contributed by atoms with Gasteiger partial charge in [-0.3, -0.25) is 19.2 Å². The van der Waals surface area contributed by atoms with Gasteiger partial charge in [0, 0.05) is 12.0 Å². The van der Waals surface area contributed by atoms with E-state index in [1.54, 1.807) is 31.0 Å². The van der Waals surface area contributed by atoms with Crippen molar-refractivity contribution < 1.29 is 29.4 Å². The van der Waals surface area contributed by atoms with E-state index in [4.69, 9.17) is 9.90 Å². The summed E-state index contributed by atoms with van der Waals surface area (Å²) >= 11 is 0. The number of carboxylic acid groups (broad SMARTS) is 1. The fraction of sp³-hybridized carbons (Fsp3) is 0.484. The quantitative estimate of drug-likeness (QED) is 0.351. The second-order valence-electron chi connectivity index (χ2n) is 11.7. The van der Waals surface area contributed by atoms with Gasteiger partial charge in [-0.25, -0.2) is 0 Å². The van der Waals surface area contributed by atoms with E-state index in [-0.39, 0.29) is 42.4 Å². The third-order valence-corrected chi connectivity index (χ3v) is 8.63. The highest BCUT2D eigenvalue weighted by atomic mass is 16.3. The number of phenols is 1. The van der Waals surface area contributed by atoms with Crippen LogP contribution in [0.4, 0.5) is 0 Å². The minimum atomic E-state index is -0.844. The first kappa shape index (κ1) is 30.0. The van der Waals surface area contributed by atoms with Gasteiger partial charge in [0.15, 0.2) is 0 Å². The SMILES string of the molecule is CN[C@@H](C)C(=O)N[C@H]1Cc2cccc(O)c2[C@H]2CC(C)(C)C(C(=O)N[C@@H]3CCCc4ccccc43)N2C1=O.O=CO. The third kappa shape index (κ3) is 5.93. The molecule has 1 aliphatic carbocycles. The number of likely N-dealkylation sites (N-methyl/N-ethyl adjacent to an activating group) is 1. The van der Waals surface area contributed by atoms with Crippen LogP contribution in [0.2, 0.25) is 0 Å². The Bertz CT molecular complexity index is 1310. The predicted molar refractivity (Wildman–Crippen MR) is 153 cm³/mol. The molecule has 0 aromatic heterocycles. The lowest BCUT2D eigenvalue weighted by atomic mass is 9.80. The Labute approximate surface area is 240 Å². The van der Waals surface area contributed by atoms with Crippen LogP contribution in [0.25, 0.3) is 0 Å². The first-order chi connectivity index (χ1) is 19.5. The van der Waals surface area contributed by atoms with E-state index in [1.807, 2.05) is 32.0 Å². The van der Waals surface area contributed by atoms with Gasteiger partial charge in [-0.15, -0.1) is 0 Å². The second kappa shape index (κ2) is 12.3. The summed E-state index contributed by atoms with van der Waals surface area (Å²) < 4.78 is 0. The Hall–Kier alpha value is -3.92. The van der Waals surface area contributed by atoms with Gasteiger partial charge in [0.05, 0.1) is 18.1 Å². The molecule has 220 valence electrons. The fourth-order valence-electron chi connectivity index (χ4n) is 6.61. The van der Waals surface area contributed by atoms with Gasteiger partial charge in [-0.2, -0.15) is 0 Å². The lowest BCUT2D eigenvalue weighted by Crippen LogP contribution is -2.57. The molecule has 10 heteroatoms. The number of rotatable bonds is 5. The lowest BCUT2D eigenvalue weighted by Gasteiger charge is -2.36. The topological polar surface area (TPSA) is 148 Å². The Morgan fingerprint density at radius 1 is 1.07 bits per heavy atom. The van der Waals surface area contributed by atoms with E-state index in [9.17, 15) is 19.5 Å². The number of benzene rings is 2. The number of phenolic OH excluding ortho intramolecular Hbond substituents is 1. The van der Waals surface area contributed by atoms with Crippen molar-refractivity contribution in [2.45, 2.75) is 83.1 Å². The number of carbonyl (C=O) groups excluding carboxylic acids is 3. The number of fused-ring (bicyclic) bond motifs is 4. The van der Waals surface area contributed by atoms with Crippen molar-refractivity contribution in [3.8, 4) is 5.75 Å². The van der Waals surface area contributed by atoms with Crippen LogP contribution in [0, 0.1) is 5.41 Å². The van der Waals surface area contributed by atoms with Crippen LogP contribution >= 0.6 is 0 Å². The molecule has 1 saturated heterocycles. The molecule has 0 bridgehead atoms. The molecule has 2 aliphatic heterocycles. The molecule has 5 atom stereocenters. The Morgan fingerprint density at radius 3 is 2.46 bits per heavy atom. The second-order valence-corrected chi connectivity index (χ2v) is 11.7. The highest BCUT2D eigenvalue weighted by molar-refractivity contribution is 5.95. The van der Waals surface area contributed by atoms with E-state index in [0.29, 0.717) is 12.0 Å². The van der Waals surface area contributed by atoms with E-state index < -0.39 is 29.6 Å². The highest BCUT2D eigenvalue weighted by Gasteiger charge is 2.56. The molecule has 1 unspecified atom stereocenters. The minimum absolute atomic E-state index is 0.110. The maximum Gasteiger partial charge on any atom is 0.290 e. The average Bonchev–Trinajstić information content (AvgIpc) is 3.17. The highest BCUT2D eigenvalue weighted by Crippen LogP contribution is 2.52. The van der Waals surface area contributed by atoms with Gasteiger partial charge in [0.2, 0.25) is 17.7 Å². The predicted octanol–water partition coefficient (Wildman–Crippen LogP) is 2.60. The summed E-state index contributed by atoms with van der Waals surface area (Å²) in [6.45, 7) is 5.49. The molecule has 0 radical (unpaired) electrons. The van der Waals surface area contributed by atoms with Crippen molar-refractivity contribution in [2.24, 2.45) is 5.41 Å². The van der Waals surface area contributed by atoms with E-state index in [2.05, 4.69) is 28.1 Å². The number of amides is 3. The smallest absolute Gasteiger partial charge is 0.290 e. The summed E-state index contributed by atoms with van der Waals surface area (Å²) in [6.07, 6.45) is 3.60. The maximum atomic E-state index is 14.2. The molecule has 2 aromatic carbocycles. The summed E-state index contributed by atoms with van der Waals surface area (Å²) in [5, 5.41) is 26.9. The molecule has 2 aromatic rings. The molecule has 41 heavy (non-hydrogen) atoms. The van der Waals surface area contributed by atoms with E-state index in [1.165, 1.54) is 5.56 Å². The Morgan fingerprint density at radius 2 is 1.76 bits per heavy atom. The van der Waals surface area contributed by atoms with Crippen LogP contribution in [-0.2, 0) is 32.0 Å². The van der Waals surface area contributed by atoms with Crippen molar-refractivity contribution in [3.63, 3.8) is 0 Å². The van der Waals surface area contributed by atoms with Crippen molar-refractivity contribution in [1.82, 2.24) is 20.9 Å². The Kier molecular flexibility index (Phi) is 9.01. The maximum absolute atomic E-state index is 14.2. The molecule has 0 saturated carbocycles. The van der Waals surface area contributed by atoms with Gasteiger partial charge < -0.3 is 31.1 Å². The van der Waals surface area contributed by atoms with Gasteiger partial charge in [0.25, 0.3) is 6.47 Å². The molecule has 0 spiro atoms. The van der Waals surface area contributed by atoms with Crippen LogP contribution in [0.1, 0.15) is 74.4 Å².